The third-order valence-corrected chi connectivity index (χ3v) is 6.18. The van der Waals surface area contributed by atoms with Crippen LogP contribution in [0.15, 0.2) is 70.7 Å². The second kappa shape index (κ2) is 7.00. The standard InChI is InChI=1S/C22H21N3O3S/c1-15-10-17(14-24(2)22(15)26)20-11-18-19(7-4-8-21(18)29(3,27)28)25(20)13-16-6-5-9-23-12-16/h4-12,14H,13H2,1-3H3. The fraction of sp³-hybridized carbons (Fsp3) is 0.182. The van der Waals surface area contributed by atoms with Crippen molar-refractivity contribution in [3.8, 4) is 11.3 Å². The third kappa shape index (κ3) is 3.49. The Morgan fingerprint density at radius 2 is 1.90 bits per heavy atom. The Bertz CT molecular complexity index is 1360. The van der Waals surface area contributed by atoms with Crippen molar-refractivity contribution in [2.75, 3.05) is 6.26 Å². The van der Waals surface area contributed by atoms with Crippen LogP contribution in [-0.4, -0.2) is 28.8 Å². The zero-order valence-electron chi connectivity index (χ0n) is 16.5. The van der Waals surface area contributed by atoms with Gasteiger partial charge in [-0.1, -0.05) is 12.1 Å². The van der Waals surface area contributed by atoms with Gasteiger partial charge in [-0.3, -0.25) is 9.78 Å². The summed E-state index contributed by atoms with van der Waals surface area (Å²) in [6.45, 7) is 2.31. The first-order valence-electron chi connectivity index (χ1n) is 9.14. The minimum absolute atomic E-state index is 0.0551. The quantitative estimate of drug-likeness (QED) is 0.521. The van der Waals surface area contributed by atoms with Gasteiger partial charge in [0.15, 0.2) is 9.84 Å². The van der Waals surface area contributed by atoms with Crippen LogP contribution in [0.25, 0.3) is 22.2 Å². The van der Waals surface area contributed by atoms with Crippen molar-refractivity contribution >= 4 is 20.7 Å². The number of aromatic nitrogens is 3. The summed E-state index contributed by atoms with van der Waals surface area (Å²) in [7, 11) is -1.67. The molecular weight excluding hydrogens is 386 g/mol. The summed E-state index contributed by atoms with van der Waals surface area (Å²) < 4.78 is 28.3. The number of rotatable bonds is 4. The predicted octanol–water partition coefficient (Wildman–Crippen LogP) is 3.16. The summed E-state index contributed by atoms with van der Waals surface area (Å²) in [5, 5.41) is 0.667. The van der Waals surface area contributed by atoms with E-state index in [9.17, 15) is 13.2 Å². The zero-order valence-corrected chi connectivity index (χ0v) is 17.3. The lowest BCUT2D eigenvalue weighted by Crippen LogP contribution is -2.18. The molecule has 4 aromatic rings. The molecule has 6 nitrogen and oxygen atoms in total. The number of hydrogen-bond acceptors (Lipinski definition) is 4. The first-order chi connectivity index (χ1) is 13.8. The van der Waals surface area contributed by atoms with Gasteiger partial charge < -0.3 is 9.13 Å². The van der Waals surface area contributed by atoms with Gasteiger partial charge in [0.2, 0.25) is 0 Å². The smallest absolute Gasteiger partial charge is 0.253 e. The van der Waals surface area contributed by atoms with Gasteiger partial charge in [-0.05, 0) is 42.8 Å². The lowest BCUT2D eigenvalue weighted by Gasteiger charge is -2.13. The van der Waals surface area contributed by atoms with Gasteiger partial charge in [-0.25, -0.2) is 8.42 Å². The largest absolute Gasteiger partial charge is 0.336 e. The maximum absolute atomic E-state index is 12.4. The molecule has 0 aliphatic carbocycles. The van der Waals surface area contributed by atoms with Gasteiger partial charge in [0.25, 0.3) is 5.56 Å². The number of fused-ring (bicyclic) bond motifs is 1. The van der Waals surface area contributed by atoms with E-state index in [-0.39, 0.29) is 5.56 Å². The van der Waals surface area contributed by atoms with Crippen LogP contribution < -0.4 is 5.56 Å². The molecule has 1 aromatic carbocycles. The molecule has 3 aromatic heterocycles. The van der Waals surface area contributed by atoms with Crippen LogP contribution in [0, 0.1) is 6.92 Å². The number of nitrogens with zero attached hydrogens (tertiary/aromatic N) is 3. The first-order valence-corrected chi connectivity index (χ1v) is 11.0. The van der Waals surface area contributed by atoms with E-state index >= 15 is 0 Å². The van der Waals surface area contributed by atoms with Crippen molar-refractivity contribution in [1.29, 1.82) is 0 Å². The summed E-state index contributed by atoms with van der Waals surface area (Å²) in [5.74, 6) is 0. The van der Waals surface area contributed by atoms with Crippen molar-refractivity contribution < 1.29 is 8.42 Å². The Kier molecular flexibility index (Phi) is 4.62. The first kappa shape index (κ1) is 19.1. The summed E-state index contributed by atoms with van der Waals surface area (Å²) in [6, 6.07) is 12.9. The Labute approximate surface area is 169 Å². The Morgan fingerprint density at radius 1 is 1.10 bits per heavy atom. The normalized spacial score (nSPS) is 11.8. The van der Waals surface area contributed by atoms with Gasteiger partial charge in [0.05, 0.1) is 16.1 Å². The molecule has 0 saturated carbocycles. The number of hydrogen-bond donors (Lipinski definition) is 0. The molecule has 0 N–H and O–H groups in total. The minimum atomic E-state index is -3.39. The molecule has 29 heavy (non-hydrogen) atoms. The van der Waals surface area contributed by atoms with Gasteiger partial charge >= 0.3 is 0 Å². The topological polar surface area (TPSA) is 74.0 Å². The van der Waals surface area contributed by atoms with E-state index in [0.29, 0.717) is 22.4 Å². The van der Waals surface area contributed by atoms with Crippen molar-refractivity contribution in [3.05, 3.63) is 82.5 Å². The number of sulfone groups is 1. The highest BCUT2D eigenvalue weighted by Crippen LogP contribution is 2.32. The molecular formula is C22H21N3O3S. The van der Waals surface area contributed by atoms with E-state index in [2.05, 4.69) is 9.55 Å². The Balaban J connectivity index is 2.05. The molecule has 0 bridgehead atoms. The second-order valence-corrected chi connectivity index (χ2v) is 9.25. The maximum Gasteiger partial charge on any atom is 0.253 e. The molecule has 4 rings (SSSR count). The van der Waals surface area contributed by atoms with Crippen LogP contribution in [0.3, 0.4) is 0 Å². The third-order valence-electron chi connectivity index (χ3n) is 5.03. The molecule has 0 fully saturated rings. The molecule has 0 atom stereocenters. The molecule has 3 heterocycles. The molecule has 0 aliphatic heterocycles. The maximum atomic E-state index is 12.4. The molecule has 0 aliphatic rings. The Morgan fingerprint density at radius 3 is 2.55 bits per heavy atom. The van der Waals surface area contributed by atoms with Crippen molar-refractivity contribution in [3.63, 3.8) is 0 Å². The van der Waals surface area contributed by atoms with Gasteiger partial charge in [-0.15, -0.1) is 0 Å². The molecule has 0 saturated heterocycles. The molecule has 148 valence electrons. The van der Waals surface area contributed by atoms with E-state index in [1.54, 1.807) is 49.3 Å². The van der Waals surface area contributed by atoms with E-state index < -0.39 is 9.84 Å². The van der Waals surface area contributed by atoms with E-state index in [1.165, 1.54) is 6.26 Å². The highest BCUT2D eigenvalue weighted by atomic mass is 32.2. The van der Waals surface area contributed by atoms with E-state index in [1.807, 2.05) is 30.3 Å². The SMILES string of the molecule is Cc1cc(-c2cc3c(S(C)(=O)=O)cccc3n2Cc2cccnc2)cn(C)c1=O. The summed E-state index contributed by atoms with van der Waals surface area (Å²) in [6.07, 6.45) is 6.51. The van der Waals surface area contributed by atoms with Crippen LogP contribution >= 0.6 is 0 Å². The molecule has 0 radical (unpaired) electrons. The fourth-order valence-electron chi connectivity index (χ4n) is 3.68. The van der Waals surface area contributed by atoms with Gasteiger partial charge in [-0.2, -0.15) is 0 Å². The van der Waals surface area contributed by atoms with Crippen LogP contribution in [0.4, 0.5) is 0 Å². The monoisotopic (exact) mass is 407 g/mol. The van der Waals surface area contributed by atoms with Crippen LogP contribution in [0.5, 0.6) is 0 Å². The molecule has 0 spiro atoms. The zero-order chi connectivity index (χ0) is 20.8. The van der Waals surface area contributed by atoms with Gasteiger partial charge in [0.1, 0.15) is 0 Å². The number of aryl methyl sites for hydroxylation is 2. The fourth-order valence-corrected chi connectivity index (χ4v) is 4.57. The van der Waals surface area contributed by atoms with Crippen molar-refractivity contribution in [1.82, 2.24) is 14.1 Å². The average molecular weight is 407 g/mol. The predicted molar refractivity (Wildman–Crippen MR) is 114 cm³/mol. The highest BCUT2D eigenvalue weighted by molar-refractivity contribution is 7.91. The highest BCUT2D eigenvalue weighted by Gasteiger charge is 2.19. The summed E-state index contributed by atoms with van der Waals surface area (Å²) >= 11 is 0. The van der Waals surface area contributed by atoms with Crippen LogP contribution in [-0.2, 0) is 23.4 Å². The average Bonchev–Trinajstić information content (AvgIpc) is 3.04. The van der Waals surface area contributed by atoms with Crippen LogP contribution in [0.2, 0.25) is 0 Å². The molecule has 0 amide bonds. The second-order valence-electron chi connectivity index (χ2n) is 7.27. The lowest BCUT2D eigenvalue weighted by molar-refractivity contribution is 0.602. The van der Waals surface area contributed by atoms with E-state index in [0.717, 1.165) is 22.3 Å². The van der Waals surface area contributed by atoms with Crippen molar-refractivity contribution in [2.24, 2.45) is 7.05 Å². The molecule has 7 heteroatoms. The van der Waals surface area contributed by atoms with Crippen molar-refractivity contribution in [2.45, 2.75) is 18.4 Å². The summed E-state index contributed by atoms with van der Waals surface area (Å²) in [4.78, 5) is 16.6. The minimum Gasteiger partial charge on any atom is -0.336 e. The molecule has 0 unspecified atom stereocenters. The van der Waals surface area contributed by atoms with Gasteiger partial charge in [0, 0.05) is 55.0 Å². The van der Waals surface area contributed by atoms with E-state index in [4.69, 9.17) is 0 Å². The van der Waals surface area contributed by atoms with Crippen LogP contribution in [0.1, 0.15) is 11.1 Å². The Hall–Kier alpha value is -3.19. The lowest BCUT2D eigenvalue weighted by atomic mass is 10.1. The number of pyridine rings is 2. The number of benzene rings is 1. The summed E-state index contributed by atoms with van der Waals surface area (Å²) in [5.41, 5.74) is 4.09.